The summed E-state index contributed by atoms with van der Waals surface area (Å²) in [6, 6.07) is 8.40. The van der Waals surface area contributed by atoms with E-state index in [1.54, 1.807) is 0 Å². The van der Waals surface area contributed by atoms with Crippen LogP contribution in [0.5, 0.6) is 0 Å². The van der Waals surface area contributed by atoms with Crippen LogP contribution in [0.15, 0.2) is 29.3 Å². The molecule has 1 unspecified atom stereocenters. The molecule has 2 nitrogen and oxygen atoms in total. The Bertz CT molecular complexity index is 362. The van der Waals surface area contributed by atoms with Crippen molar-refractivity contribution in [3.63, 3.8) is 0 Å². The molecule has 1 spiro atoms. The molecule has 1 aromatic carbocycles. The maximum atomic E-state index is 4.45. The van der Waals surface area contributed by atoms with Gasteiger partial charge < -0.3 is 5.32 Å². The van der Waals surface area contributed by atoms with E-state index in [-0.39, 0.29) is 5.54 Å². The molecule has 0 aliphatic carbocycles. The number of aliphatic imine (C=N–C) groups is 1. The molecule has 1 N–H and O–H groups in total. The van der Waals surface area contributed by atoms with Gasteiger partial charge in [0.25, 0.3) is 0 Å². The summed E-state index contributed by atoms with van der Waals surface area (Å²) in [7, 11) is 0. The van der Waals surface area contributed by atoms with Crippen molar-refractivity contribution in [3.8, 4) is 0 Å². The molecular weight excluding hydrogens is 160 g/mol. The lowest BCUT2D eigenvalue weighted by Gasteiger charge is -2.21. The third kappa shape index (κ3) is 0.893. The van der Waals surface area contributed by atoms with E-state index in [9.17, 15) is 0 Å². The summed E-state index contributed by atoms with van der Waals surface area (Å²) in [6.07, 6.45) is 4.51. The monoisotopic (exact) mass is 172 g/mol. The topological polar surface area (TPSA) is 24.4 Å². The van der Waals surface area contributed by atoms with Crippen LogP contribution in [0.2, 0.25) is 0 Å². The second kappa shape index (κ2) is 2.42. The lowest BCUT2D eigenvalue weighted by molar-refractivity contribution is 0.556. The van der Waals surface area contributed by atoms with Crippen molar-refractivity contribution in [1.29, 1.82) is 0 Å². The minimum atomic E-state index is 0.0800. The average molecular weight is 172 g/mol. The van der Waals surface area contributed by atoms with Crippen LogP contribution in [0.1, 0.15) is 18.4 Å². The fraction of sp³-hybridized carbons (Fsp3) is 0.364. The van der Waals surface area contributed by atoms with Crippen molar-refractivity contribution < 1.29 is 0 Å². The van der Waals surface area contributed by atoms with Crippen LogP contribution in [0.4, 0.5) is 5.69 Å². The second-order valence-corrected chi connectivity index (χ2v) is 3.78. The van der Waals surface area contributed by atoms with E-state index in [0.29, 0.717) is 0 Å². The van der Waals surface area contributed by atoms with Gasteiger partial charge in [0.1, 0.15) is 0 Å². The molecule has 13 heavy (non-hydrogen) atoms. The standard InChI is InChI=1S/C11H12N2/c1-2-5-10-9(4-1)11(8-12-10)6-3-7-13-11/h1-2,4-5,8,13H,3,6-7H2. The van der Waals surface area contributed by atoms with Crippen molar-refractivity contribution in [3.05, 3.63) is 29.8 Å². The third-order valence-electron chi connectivity index (χ3n) is 3.00. The Morgan fingerprint density at radius 3 is 3.08 bits per heavy atom. The number of nitrogens with zero attached hydrogens (tertiary/aromatic N) is 1. The highest BCUT2D eigenvalue weighted by molar-refractivity contribution is 5.84. The minimum absolute atomic E-state index is 0.0800. The van der Waals surface area contributed by atoms with Gasteiger partial charge in [-0.05, 0) is 25.5 Å². The lowest BCUT2D eigenvalue weighted by atomic mass is 9.91. The smallest absolute Gasteiger partial charge is 0.0815 e. The van der Waals surface area contributed by atoms with Crippen molar-refractivity contribution in [2.45, 2.75) is 18.4 Å². The normalized spacial score (nSPS) is 29.8. The molecule has 1 saturated heterocycles. The van der Waals surface area contributed by atoms with Gasteiger partial charge in [0, 0.05) is 11.8 Å². The van der Waals surface area contributed by atoms with Crippen LogP contribution in [-0.2, 0) is 5.54 Å². The number of rotatable bonds is 0. The van der Waals surface area contributed by atoms with E-state index in [1.165, 1.54) is 18.4 Å². The highest BCUT2D eigenvalue weighted by Crippen LogP contribution is 2.39. The number of fused-ring (bicyclic) bond motifs is 2. The van der Waals surface area contributed by atoms with Gasteiger partial charge in [-0.15, -0.1) is 0 Å². The van der Waals surface area contributed by atoms with Gasteiger partial charge in [-0.2, -0.15) is 0 Å². The van der Waals surface area contributed by atoms with Gasteiger partial charge >= 0.3 is 0 Å². The van der Waals surface area contributed by atoms with E-state index in [1.807, 2.05) is 6.07 Å². The fourth-order valence-corrected chi connectivity index (χ4v) is 2.32. The Balaban J connectivity index is 2.16. The predicted octanol–water partition coefficient (Wildman–Crippen LogP) is 1.98. The summed E-state index contributed by atoms with van der Waals surface area (Å²) >= 11 is 0. The van der Waals surface area contributed by atoms with E-state index in [4.69, 9.17) is 0 Å². The number of para-hydroxylation sites is 1. The molecule has 0 saturated carbocycles. The summed E-state index contributed by atoms with van der Waals surface area (Å²) in [5.74, 6) is 0. The first-order valence-electron chi connectivity index (χ1n) is 4.80. The zero-order chi connectivity index (χ0) is 8.73. The minimum Gasteiger partial charge on any atom is -0.303 e. The van der Waals surface area contributed by atoms with Gasteiger partial charge in [-0.25, -0.2) is 0 Å². The molecule has 1 aromatic rings. The quantitative estimate of drug-likeness (QED) is 0.635. The molecule has 0 aromatic heterocycles. The maximum absolute atomic E-state index is 4.45. The van der Waals surface area contributed by atoms with Crippen LogP contribution >= 0.6 is 0 Å². The first-order chi connectivity index (χ1) is 6.41. The summed E-state index contributed by atoms with van der Waals surface area (Å²) < 4.78 is 0. The van der Waals surface area contributed by atoms with Crippen LogP contribution in [0, 0.1) is 0 Å². The van der Waals surface area contributed by atoms with Crippen LogP contribution < -0.4 is 5.32 Å². The molecule has 2 aliphatic rings. The zero-order valence-electron chi connectivity index (χ0n) is 7.46. The van der Waals surface area contributed by atoms with Crippen LogP contribution in [0.25, 0.3) is 0 Å². The molecule has 1 fully saturated rings. The first-order valence-corrected chi connectivity index (χ1v) is 4.80. The van der Waals surface area contributed by atoms with Gasteiger partial charge in [0.2, 0.25) is 0 Å². The van der Waals surface area contributed by atoms with Crippen molar-refractivity contribution in [2.24, 2.45) is 4.99 Å². The predicted molar refractivity (Wildman–Crippen MR) is 53.5 cm³/mol. The number of nitrogens with one attached hydrogen (secondary N) is 1. The van der Waals surface area contributed by atoms with Gasteiger partial charge in [-0.1, -0.05) is 18.2 Å². The van der Waals surface area contributed by atoms with E-state index in [0.717, 1.165) is 12.2 Å². The van der Waals surface area contributed by atoms with Crippen molar-refractivity contribution >= 4 is 11.9 Å². The molecule has 0 radical (unpaired) electrons. The number of hydrogen-bond acceptors (Lipinski definition) is 2. The van der Waals surface area contributed by atoms with Crippen LogP contribution in [-0.4, -0.2) is 12.8 Å². The average Bonchev–Trinajstić information content (AvgIpc) is 2.78. The Hall–Kier alpha value is -1.15. The molecule has 3 rings (SSSR count). The molecule has 0 bridgehead atoms. The Morgan fingerprint density at radius 2 is 2.23 bits per heavy atom. The molecule has 2 aliphatic heterocycles. The number of hydrogen-bond donors (Lipinski definition) is 1. The largest absolute Gasteiger partial charge is 0.303 e. The highest BCUT2D eigenvalue weighted by Gasteiger charge is 2.38. The number of benzene rings is 1. The summed E-state index contributed by atoms with van der Waals surface area (Å²) in [5, 5.41) is 3.54. The summed E-state index contributed by atoms with van der Waals surface area (Å²) in [4.78, 5) is 4.45. The zero-order valence-corrected chi connectivity index (χ0v) is 7.46. The summed E-state index contributed by atoms with van der Waals surface area (Å²) in [5.41, 5.74) is 2.57. The maximum Gasteiger partial charge on any atom is 0.0815 e. The third-order valence-corrected chi connectivity index (χ3v) is 3.00. The Morgan fingerprint density at radius 1 is 1.31 bits per heavy atom. The summed E-state index contributed by atoms with van der Waals surface area (Å²) in [6.45, 7) is 1.11. The second-order valence-electron chi connectivity index (χ2n) is 3.78. The highest BCUT2D eigenvalue weighted by atomic mass is 15.0. The molecule has 0 amide bonds. The van der Waals surface area contributed by atoms with E-state index in [2.05, 4.69) is 34.7 Å². The molecule has 2 heterocycles. The van der Waals surface area contributed by atoms with Gasteiger partial charge in [0.05, 0.1) is 11.2 Å². The van der Waals surface area contributed by atoms with Crippen molar-refractivity contribution in [1.82, 2.24) is 5.32 Å². The van der Waals surface area contributed by atoms with Gasteiger partial charge in [0.15, 0.2) is 0 Å². The fourth-order valence-electron chi connectivity index (χ4n) is 2.32. The molecule has 1 atom stereocenters. The molecular formula is C11H12N2. The van der Waals surface area contributed by atoms with Crippen molar-refractivity contribution in [2.75, 3.05) is 6.54 Å². The van der Waals surface area contributed by atoms with E-state index < -0.39 is 0 Å². The Kier molecular flexibility index (Phi) is 1.35. The van der Waals surface area contributed by atoms with E-state index >= 15 is 0 Å². The molecule has 2 heteroatoms. The van der Waals surface area contributed by atoms with Crippen LogP contribution in [0.3, 0.4) is 0 Å². The lowest BCUT2D eigenvalue weighted by Crippen LogP contribution is -2.36. The Labute approximate surface area is 77.7 Å². The van der Waals surface area contributed by atoms with Gasteiger partial charge in [-0.3, -0.25) is 4.99 Å². The first kappa shape index (κ1) is 7.27. The molecule has 66 valence electrons. The SMILES string of the molecule is C1=Nc2ccccc2C12CCCN2.